The summed E-state index contributed by atoms with van der Waals surface area (Å²) >= 11 is 0. The van der Waals surface area contributed by atoms with Gasteiger partial charge < -0.3 is 20.7 Å². The van der Waals surface area contributed by atoms with E-state index in [4.69, 9.17) is 10.5 Å². The van der Waals surface area contributed by atoms with Crippen LogP contribution < -0.4 is 21.1 Å². The van der Waals surface area contributed by atoms with Gasteiger partial charge in [-0.2, -0.15) is 0 Å². The smallest absolute Gasteiger partial charge is 0.320 e. The first-order valence-corrected chi connectivity index (χ1v) is 11.1. The molecule has 1 aliphatic carbocycles. The van der Waals surface area contributed by atoms with Crippen LogP contribution in [0.2, 0.25) is 0 Å². The predicted octanol–water partition coefficient (Wildman–Crippen LogP) is 4.18. The van der Waals surface area contributed by atoms with Crippen LogP contribution in [0.1, 0.15) is 52.9 Å². The molecule has 2 amide bonds. The van der Waals surface area contributed by atoms with E-state index in [1.54, 1.807) is 6.08 Å². The second-order valence-electron chi connectivity index (χ2n) is 9.43. The number of carbonyl (C=O) groups is 1. The Bertz CT molecular complexity index is 774. The van der Waals surface area contributed by atoms with Gasteiger partial charge in [-0.25, -0.2) is 9.79 Å². The number of nitrogens with two attached hydrogens (primary N) is 1. The molecule has 31 heavy (non-hydrogen) atoms. The van der Waals surface area contributed by atoms with Crippen molar-refractivity contribution < 1.29 is 9.53 Å². The standard InChI is InChI=1S/C24H39N5O2/c1-24(2,3)21(25)17-22(28-23(30)27-18-10-7-6-8-11-18)26-19-12-9-13-20(16-19)31-15-14-29(4)5/h9,12-13,16-18H,6-8,10-11,14-15,25H2,1-5H3,(H2,26,27,28,30). The maximum atomic E-state index is 12.6. The van der Waals surface area contributed by atoms with Crippen LogP contribution in [0, 0.1) is 5.41 Å². The van der Waals surface area contributed by atoms with Crippen molar-refractivity contribution in [2.45, 2.75) is 58.9 Å². The van der Waals surface area contributed by atoms with Gasteiger partial charge in [0.1, 0.15) is 18.2 Å². The van der Waals surface area contributed by atoms with E-state index in [-0.39, 0.29) is 17.5 Å². The van der Waals surface area contributed by atoms with Crippen molar-refractivity contribution >= 4 is 17.6 Å². The minimum absolute atomic E-state index is 0.215. The van der Waals surface area contributed by atoms with E-state index < -0.39 is 0 Å². The lowest BCUT2D eigenvalue weighted by Gasteiger charge is -2.23. The zero-order valence-electron chi connectivity index (χ0n) is 19.7. The Morgan fingerprint density at radius 1 is 1.26 bits per heavy atom. The molecule has 1 aromatic rings. The van der Waals surface area contributed by atoms with Crippen LogP contribution in [-0.2, 0) is 0 Å². The molecule has 2 rings (SSSR count). The molecule has 7 nitrogen and oxygen atoms in total. The average Bonchev–Trinajstić information content (AvgIpc) is 2.68. The summed E-state index contributed by atoms with van der Waals surface area (Å²) in [6.07, 6.45) is 7.33. The Balaban J connectivity index is 2.17. The number of allylic oxidation sites excluding steroid dienone is 1. The number of hydrogen-bond acceptors (Lipinski definition) is 5. The number of benzene rings is 1. The Morgan fingerprint density at radius 3 is 2.61 bits per heavy atom. The zero-order valence-corrected chi connectivity index (χ0v) is 19.7. The largest absolute Gasteiger partial charge is 0.492 e. The fourth-order valence-electron chi connectivity index (χ4n) is 3.17. The summed E-state index contributed by atoms with van der Waals surface area (Å²) in [5, 5.41) is 5.96. The van der Waals surface area contributed by atoms with E-state index in [1.807, 2.05) is 59.1 Å². The SMILES string of the molecule is CN(C)CCOc1cccc(N=C(C=C(N)C(C)(C)C)NC(=O)NC2CCCCC2)c1. The molecule has 0 radical (unpaired) electrons. The Hall–Kier alpha value is -2.54. The van der Waals surface area contributed by atoms with E-state index in [1.165, 1.54) is 6.42 Å². The summed E-state index contributed by atoms with van der Waals surface area (Å²) in [4.78, 5) is 19.3. The Labute approximate surface area is 187 Å². The highest BCUT2D eigenvalue weighted by molar-refractivity contribution is 6.05. The topological polar surface area (TPSA) is 92.0 Å². The summed E-state index contributed by atoms with van der Waals surface area (Å²) in [7, 11) is 4.01. The minimum Gasteiger partial charge on any atom is -0.492 e. The van der Waals surface area contributed by atoms with E-state index in [9.17, 15) is 4.79 Å². The maximum absolute atomic E-state index is 12.6. The van der Waals surface area contributed by atoms with Gasteiger partial charge in [0, 0.05) is 35.8 Å². The van der Waals surface area contributed by atoms with Gasteiger partial charge in [-0.1, -0.05) is 46.1 Å². The van der Waals surface area contributed by atoms with Crippen molar-refractivity contribution in [3.05, 3.63) is 36.0 Å². The molecular formula is C24H39N5O2. The summed E-state index contributed by atoms with van der Waals surface area (Å²) in [6.45, 7) is 7.49. The van der Waals surface area contributed by atoms with Crippen LogP contribution in [-0.4, -0.2) is 50.1 Å². The molecule has 0 aromatic heterocycles. The van der Waals surface area contributed by atoms with Crippen molar-refractivity contribution in [1.82, 2.24) is 15.5 Å². The van der Waals surface area contributed by atoms with Crippen molar-refractivity contribution in [3.8, 4) is 5.75 Å². The molecule has 7 heteroatoms. The summed E-state index contributed by atoms with van der Waals surface area (Å²) < 4.78 is 5.81. The highest BCUT2D eigenvalue weighted by atomic mass is 16.5. The van der Waals surface area contributed by atoms with Crippen LogP contribution in [0.15, 0.2) is 41.0 Å². The van der Waals surface area contributed by atoms with Crippen molar-refractivity contribution in [1.29, 1.82) is 0 Å². The van der Waals surface area contributed by atoms with Crippen molar-refractivity contribution in [2.24, 2.45) is 16.1 Å². The first kappa shape index (κ1) is 24.7. The number of urea groups is 1. The zero-order chi connectivity index (χ0) is 22.9. The molecule has 172 valence electrons. The van der Waals surface area contributed by atoms with Gasteiger partial charge in [-0.05, 0) is 39.1 Å². The molecule has 1 aromatic carbocycles. The fraction of sp³-hybridized carbons (Fsp3) is 0.583. The minimum atomic E-state index is -0.248. The van der Waals surface area contributed by atoms with Crippen molar-refractivity contribution in [3.63, 3.8) is 0 Å². The third kappa shape index (κ3) is 9.42. The van der Waals surface area contributed by atoms with Gasteiger partial charge in [0.05, 0.1) is 5.69 Å². The molecule has 0 unspecified atom stereocenters. The number of nitrogens with one attached hydrogen (secondary N) is 2. The quantitative estimate of drug-likeness (QED) is 0.448. The van der Waals surface area contributed by atoms with Crippen LogP contribution in [0.4, 0.5) is 10.5 Å². The monoisotopic (exact) mass is 429 g/mol. The van der Waals surface area contributed by atoms with Crippen LogP contribution in [0.3, 0.4) is 0 Å². The number of likely N-dealkylation sites (N-methyl/N-ethyl adjacent to an activating group) is 1. The van der Waals surface area contributed by atoms with Crippen LogP contribution in [0.25, 0.3) is 0 Å². The highest BCUT2D eigenvalue weighted by Gasteiger charge is 2.18. The molecule has 0 saturated heterocycles. The summed E-state index contributed by atoms with van der Waals surface area (Å²) in [5.74, 6) is 1.15. The van der Waals surface area contributed by atoms with Gasteiger partial charge in [0.15, 0.2) is 0 Å². The highest BCUT2D eigenvalue weighted by Crippen LogP contribution is 2.23. The lowest BCUT2D eigenvalue weighted by atomic mass is 9.92. The molecule has 0 spiro atoms. The summed E-state index contributed by atoms with van der Waals surface area (Å²) in [6, 6.07) is 7.49. The molecule has 0 atom stereocenters. The van der Waals surface area contributed by atoms with Gasteiger partial charge >= 0.3 is 6.03 Å². The van der Waals surface area contributed by atoms with Gasteiger partial charge in [0.25, 0.3) is 0 Å². The lowest BCUT2D eigenvalue weighted by Crippen LogP contribution is -2.45. The van der Waals surface area contributed by atoms with E-state index >= 15 is 0 Å². The molecule has 0 heterocycles. The van der Waals surface area contributed by atoms with Gasteiger partial charge in [0.2, 0.25) is 0 Å². The average molecular weight is 430 g/mol. The van der Waals surface area contributed by atoms with Crippen LogP contribution in [0.5, 0.6) is 5.75 Å². The van der Waals surface area contributed by atoms with E-state index in [2.05, 4.69) is 20.5 Å². The predicted molar refractivity (Wildman–Crippen MR) is 128 cm³/mol. The molecule has 0 aliphatic heterocycles. The normalized spacial score (nSPS) is 16.3. The third-order valence-electron chi connectivity index (χ3n) is 5.21. The summed E-state index contributed by atoms with van der Waals surface area (Å²) in [5.41, 5.74) is 7.36. The van der Waals surface area contributed by atoms with Crippen molar-refractivity contribution in [2.75, 3.05) is 27.2 Å². The number of aliphatic imine (C=N–C) groups is 1. The van der Waals surface area contributed by atoms with Gasteiger partial charge in [-0.15, -0.1) is 0 Å². The molecule has 1 saturated carbocycles. The van der Waals surface area contributed by atoms with Crippen LogP contribution >= 0.6 is 0 Å². The molecule has 0 bridgehead atoms. The Morgan fingerprint density at radius 2 is 1.97 bits per heavy atom. The number of amides is 2. The van der Waals surface area contributed by atoms with Gasteiger partial charge in [-0.3, -0.25) is 5.32 Å². The first-order valence-electron chi connectivity index (χ1n) is 11.1. The maximum Gasteiger partial charge on any atom is 0.320 e. The number of nitrogens with zero attached hydrogens (tertiary/aromatic N) is 2. The number of carbonyl (C=O) groups excluding carboxylic acids is 1. The molecule has 1 aliphatic rings. The lowest BCUT2D eigenvalue weighted by molar-refractivity contribution is 0.237. The molecule has 4 N–H and O–H groups in total. The number of hydrogen-bond donors (Lipinski definition) is 3. The number of amidine groups is 1. The third-order valence-corrected chi connectivity index (χ3v) is 5.21. The second kappa shape index (κ2) is 11.7. The number of ether oxygens (including phenoxy) is 1. The number of rotatable bonds is 7. The van der Waals surface area contributed by atoms with E-state index in [0.29, 0.717) is 23.8 Å². The second-order valence-corrected chi connectivity index (χ2v) is 9.43. The molecule has 1 fully saturated rings. The van der Waals surface area contributed by atoms with E-state index in [0.717, 1.165) is 38.0 Å². The Kier molecular flexibility index (Phi) is 9.37. The fourth-order valence-corrected chi connectivity index (χ4v) is 3.17. The molecular weight excluding hydrogens is 390 g/mol. The first-order chi connectivity index (χ1) is 14.6.